The zero-order valence-corrected chi connectivity index (χ0v) is 60.0. The molecule has 0 unspecified atom stereocenters. The van der Waals surface area contributed by atoms with Gasteiger partial charge in [-0.05, 0) is 315 Å². The molecule has 4 heteroatoms. The van der Waals surface area contributed by atoms with Crippen LogP contribution < -0.4 is 19.6 Å². The highest BCUT2D eigenvalue weighted by Gasteiger charge is 2.29. The Balaban J connectivity index is 0.893. The summed E-state index contributed by atoms with van der Waals surface area (Å²) in [5.41, 5.74) is 33.8. The van der Waals surface area contributed by atoms with Gasteiger partial charge >= 0.3 is 0 Å². The summed E-state index contributed by atoms with van der Waals surface area (Å²) in [4.78, 5) is 9.82. The number of nitrogens with zero attached hydrogens (tertiary/aromatic N) is 4. The molecule has 0 radical (unpaired) electrons. The first kappa shape index (κ1) is 66.1. The second-order valence-corrected chi connectivity index (χ2v) is 29.4. The van der Waals surface area contributed by atoms with E-state index >= 15 is 0 Å². The molecule has 0 N–H and O–H groups in total. The molecule has 5 aliphatic rings. The summed E-state index contributed by atoms with van der Waals surface area (Å²) < 4.78 is 0. The highest BCUT2D eigenvalue weighted by atomic mass is 15.2. The maximum atomic E-state index is 2.49. The Morgan fingerprint density at radius 3 is 0.519 bits per heavy atom. The minimum absolute atomic E-state index is 1.08. The van der Waals surface area contributed by atoms with Gasteiger partial charge in [-0.2, -0.15) is 0 Å². The number of fused-ring (bicyclic) bond motifs is 8. The lowest BCUT2D eigenvalue weighted by Crippen LogP contribution is -2.12. The first-order chi connectivity index (χ1) is 51.5. The molecule has 0 aliphatic heterocycles. The standard InChI is InChI=1S/C100H92N4/c1-9-25-73(26-10-1)65-77-41-49-85(50-42-77)101(81-33-17-5-18-34-81)89-57-61-93-97(69-89)94-62-58-90(102(82-35-19-6-20-36-82)86-51-43-78(44-52-86)66-74-27-11-2-12-28-74)71-99(94)96-64-60-92(104(84-39-23-8-24-40-84)88-55-47-80(48-56-88)68-76-31-15-4-16-32-76)72-100(96)95-63-59-91(70-98(93)95)103(83-37-21-7-22-38-83)87-53-45-79(46-54-87)67-75-29-13-3-14-30-75/h5-8,17-24,33-72H,1-4,9-16,25-32H2. The van der Waals surface area contributed by atoms with E-state index < -0.39 is 0 Å². The molecule has 0 atom stereocenters. The molecule has 4 fully saturated rings. The van der Waals surface area contributed by atoms with E-state index in [0.29, 0.717) is 0 Å². The Morgan fingerprint density at radius 2 is 0.327 bits per heavy atom. The van der Waals surface area contributed by atoms with Crippen molar-refractivity contribution in [1.82, 2.24) is 0 Å². The number of anilines is 12. The van der Waals surface area contributed by atoms with Crippen LogP contribution in [0.15, 0.2) is 313 Å². The molecule has 4 saturated carbocycles. The summed E-state index contributed by atoms with van der Waals surface area (Å²) in [6.07, 6.45) is 34.9. The molecule has 0 aromatic heterocycles. The third-order valence-corrected chi connectivity index (χ3v) is 22.3. The van der Waals surface area contributed by atoms with Gasteiger partial charge in [-0.1, -0.05) is 218 Å². The number of rotatable bonds is 16. The van der Waals surface area contributed by atoms with E-state index in [9.17, 15) is 0 Å². The van der Waals surface area contributed by atoms with Crippen molar-refractivity contribution in [3.63, 3.8) is 0 Å². The van der Waals surface area contributed by atoms with E-state index in [2.05, 4.69) is 335 Å². The Morgan fingerprint density at radius 1 is 0.154 bits per heavy atom. The number of benzene rings is 12. The Kier molecular flexibility index (Phi) is 19.6. The lowest BCUT2D eigenvalue weighted by Gasteiger charge is -2.32. The lowest BCUT2D eigenvalue weighted by molar-refractivity contribution is 0.602. The van der Waals surface area contributed by atoms with Crippen molar-refractivity contribution in [2.75, 3.05) is 19.6 Å². The molecule has 17 rings (SSSR count). The van der Waals surface area contributed by atoms with E-state index in [0.717, 1.165) is 113 Å². The van der Waals surface area contributed by atoms with Gasteiger partial charge in [0.05, 0.1) is 0 Å². The smallest absolute Gasteiger partial charge is 0.0468 e. The first-order valence-corrected chi connectivity index (χ1v) is 38.7. The monoisotopic (exact) mass is 1350 g/mol. The van der Waals surface area contributed by atoms with Crippen LogP contribution in [0.4, 0.5) is 68.2 Å². The van der Waals surface area contributed by atoms with Gasteiger partial charge in [0.1, 0.15) is 0 Å². The maximum absolute atomic E-state index is 2.49. The van der Waals surface area contributed by atoms with Crippen molar-refractivity contribution < 1.29 is 0 Å². The molecular weight excluding hydrogens is 1260 g/mol. The Labute approximate surface area is 617 Å². The van der Waals surface area contributed by atoms with Gasteiger partial charge in [0.15, 0.2) is 0 Å². The van der Waals surface area contributed by atoms with Gasteiger partial charge in [0.25, 0.3) is 0 Å². The highest BCUT2D eigenvalue weighted by Crippen LogP contribution is 2.54. The van der Waals surface area contributed by atoms with Crippen LogP contribution in [0.3, 0.4) is 0 Å². The van der Waals surface area contributed by atoms with Gasteiger partial charge < -0.3 is 19.6 Å². The van der Waals surface area contributed by atoms with Gasteiger partial charge in [-0.15, -0.1) is 0 Å². The van der Waals surface area contributed by atoms with Crippen LogP contribution >= 0.6 is 0 Å². The van der Waals surface area contributed by atoms with Crippen LogP contribution in [-0.2, 0) is 0 Å². The zero-order valence-electron chi connectivity index (χ0n) is 60.0. The van der Waals surface area contributed by atoms with E-state index in [1.165, 1.54) is 151 Å². The average molecular weight is 1350 g/mol. The van der Waals surface area contributed by atoms with Crippen LogP contribution in [0.5, 0.6) is 0 Å². The van der Waals surface area contributed by atoms with Gasteiger partial charge in [0.2, 0.25) is 0 Å². The van der Waals surface area contributed by atoms with Crippen molar-refractivity contribution in [2.24, 2.45) is 0 Å². The number of allylic oxidation sites excluding steroid dienone is 4. The maximum Gasteiger partial charge on any atom is 0.0468 e. The Bertz CT molecular complexity index is 4390. The molecule has 512 valence electrons. The third-order valence-electron chi connectivity index (χ3n) is 22.3. The predicted molar refractivity (Wildman–Crippen MR) is 445 cm³/mol. The lowest BCUT2D eigenvalue weighted by atomic mass is 9.80. The second-order valence-electron chi connectivity index (χ2n) is 29.4. The fourth-order valence-electron chi connectivity index (χ4n) is 17.0. The summed E-state index contributed by atoms with van der Waals surface area (Å²) in [5.74, 6) is 0. The third kappa shape index (κ3) is 14.5. The minimum atomic E-state index is 1.08. The highest BCUT2D eigenvalue weighted by molar-refractivity contribution is 6.07. The first-order valence-electron chi connectivity index (χ1n) is 38.7. The summed E-state index contributed by atoms with van der Waals surface area (Å²) in [6.45, 7) is 0. The van der Waals surface area contributed by atoms with Crippen LogP contribution in [0, 0.1) is 0 Å². The fourth-order valence-corrected chi connectivity index (χ4v) is 17.0. The van der Waals surface area contributed by atoms with Crippen LogP contribution in [0.2, 0.25) is 0 Å². The van der Waals surface area contributed by atoms with E-state index in [1.807, 2.05) is 0 Å². The van der Waals surface area contributed by atoms with Gasteiger partial charge in [-0.25, -0.2) is 0 Å². The molecule has 104 heavy (non-hydrogen) atoms. The van der Waals surface area contributed by atoms with E-state index in [4.69, 9.17) is 0 Å². The molecule has 12 aromatic rings. The molecule has 5 aliphatic carbocycles. The Hall–Kier alpha value is -11.2. The molecule has 0 bridgehead atoms. The molecule has 12 aromatic carbocycles. The number of para-hydroxylation sites is 4. The summed E-state index contributed by atoms with van der Waals surface area (Å²) in [5, 5.41) is 0. The van der Waals surface area contributed by atoms with Crippen molar-refractivity contribution in [1.29, 1.82) is 0 Å². The quantitative estimate of drug-likeness (QED) is 0.0956. The minimum Gasteiger partial charge on any atom is -0.310 e. The normalized spacial score (nSPS) is 14.8. The number of hydrogen-bond donors (Lipinski definition) is 0. The molecule has 0 heterocycles. The van der Waals surface area contributed by atoms with Crippen molar-refractivity contribution in [3.05, 3.63) is 336 Å². The number of hydrogen-bond acceptors (Lipinski definition) is 4. The topological polar surface area (TPSA) is 13.0 Å². The summed E-state index contributed by atoms with van der Waals surface area (Å²) in [7, 11) is 0. The van der Waals surface area contributed by atoms with Crippen molar-refractivity contribution in [3.8, 4) is 44.5 Å². The SMILES string of the molecule is C(=C1CCCCC1)c1ccc(N(c2ccccc2)c2ccc3c(c2)-c2ccc(N(c4ccccc4)c4ccc(C=C5CCCCC5)cc4)cc2-c2ccc(N(c4ccccc4)c4ccc(C=C5CCCCC5)cc4)cc2-c2ccc(N(c4ccccc4)c4ccc(C=C5CCCCC5)cc4)cc2-3)cc1. The zero-order chi connectivity index (χ0) is 69.4. The van der Waals surface area contributed by atoms with Gasteiger partial charge in [0, 0.05) is 68.2 Å². The van der Waals surface area contributed by atoms with E-state index in [1.54, 1.807) is 22.3 Å². The van der Waals surface area contributed by atoms with Crippen molar-refractivity contribution in [2.45, 2.75) is 128 Å². The summed E-state index contributed by atoms with van der Waals surface area (Å²) >= 11 is 0. The summed E-state index contributed by atoms with van der Waals surface area (Å²) in [6, 6.07) is 110. The van der Waals surface area contributed by atoms with E-state index in [-0.39, 0.29) is 0 Å². The van der Waals surface area contributed by atoms with Crippen molar-refractivity contribution >= 4 is 92.6 Å². The predicted octanol–water partition coefficient (Wildman–Crippen LogP) is 29.9. The molecule has 0 saturated heterocycles. The van der Waals surface area contributed by atoms with Crippen LogP contribution in [-0.4, -0.2) is 0 Å². The molecule has 0 spiro atoms. The fraction of sp³-hybridized carbons (Fsp3) is 0.200. The average Bonchev–Trinajstić information content (AvgIpc) is 0.726. The second kappa shape index (κ2) is 30.8. The van der Waals surface area contributed by atoms with Gasteiger partial charge in [-0.3, -0.25) is 0 Å². The largest absolute Gasteiger partial charge is 0.310 e. The molecular formula is C100H92N4. The molecule has 4 nitrogen and oxygen atoms in total. The van der Waals surface area contributed by atoms with Crippen LogP contribution in [0.25, 0.3) is 68.8 Å². The van der Waals surface area contributed by atoms with Crippen LogP contribution in [0.1, 0.15) is 151 Å². The molecule has 0 amide bonds.